The number of halogens is 2. The Labute approximate surface area is 131 Å². The third-order valence-corrected chi connectivity index (χ3v) is 4.41. The molecule has 2 amide bonds. The second-order valence-corrected chi connectivity index (χ2v) is 6.84. The molecule has 7 nitrogen and oxygen atoms in total. The number of alkyl halides is 2. The van der Waals surface area contributed by atoms with Crippen molar-refractivity contribution < 1.29 is 26.7 Å². The summed E-state index contributed by atoms with van der Waals surface area (Å²) in [6, 6.07) is 3.86. The average Bonchev–Trinajstić information content (AvgIpc) is 2.77. The molecule has 0 atom stereocenters. The van der Waals surface area contributed by atoms with Crippen LogP contribution >= 0.6 is 0 Å². The molecular formula is C13H15F2N3O4S. The van der Waals surface area contributed by atoms with Gasteiger partial charge in [0.1, 0.15) is 10.6 Å². The van der Waals surface area contributed by atoms with Crippen LogP contribution in [0.15, 0.2) is 41.4 Å². The second kappa shape index (κ2) is 6.03. The average molecular weight is 347 g/mol. The lowest BCUT2D eigenvalue weighted by Crippen LogP contribution is -2.54. The number of carbonyl (C=O) groups is 1. The zero-order chi connectivity index (χ0) is 17.3. The number of nitrogens with zero attached hydrogens (tertiary/aromatic N) is 1. The molecule has 0 radical (unpaired) electrons. The van der Waals surface area contributed by atoms with Crippen LogP contribution in [0.3, 0.4) is 0 Å². The molecule has 1 aliphatic heterocycles. The zero-order valence-corrected chi connectivity index (χ0v) is 13.1. The van der Waals surface area contributed by atoms with E-state index in [2.05, 4.69) is 10.2 Å². The summed E-state index contributed by atoms with van der Waals surface area (Å²) in [4.78, 5) is 11.6. The molecule has 1 aromatic rings. The van der Waals surface area contributed by atoms with Crippen molar-refractivity contribution in [2.45, 2.75) is 30.9 Å². The van der Waals surface area contributed by atoms with Crippen LogP contribution < -0.4 is 14.9 Å². The van der Waals surface area contributed by atoms with E-state index in [1.807, 2.05) is 4.72 Å². The third-order valence-electron chi connectivity index (χ3n) is 3.05. The van der Waals surface area contributed by atoms with Crippen molar-refractivity contribution in [2.24, 2.45) is 0 Å². The number of hydrazine groups is 1. The molecular weight excluding hydrogens is 332 g/mol. The Morgan fingerprint density at radius 3 is 2.57 bits per heavy atom. The highest BCUT2D eigenvalue weighted by molar-refractivity contribution is 7.90. The largest absolute Gasteiger partial charge is 0.433 e. The van der Waals surface area contributed by atoms with Gasteiger partial charge in [-0.25, -0.2) is 22.9 Å². The van der Waals surface area contributed by atoms with E-state index in [-0.39, 0.29) is 0 Å². The van der Waals surface area contributed by atoms with E-state index in [9.17, 15) is 22.0 Å². The normalized spacial score (nSPS) is 16.3. The first kappa shape index (κ1) is 17.0. The topological polar surface area (TPSA) is 87.7 Å². The van der Waals surface area contributed by atoms with E-state index < -0.39 is 38.8 Å². The Morgan fingerprint density at radius 2 is 2.00 bits per heavy atom. The molecule has 0 unspecified atom stereocenters. The molecule has 0 aromatic heterocycles. The number of sulfonamides is 1. The lowest BCUT2D eigenvalue weighted by Gasteiger charge is -2.30. The number of amides is 2. The van der Waals surface area contributed by atoms with Crippen LogP contribution in [-0.2, 0) is 10.0 Å². The number of para-hydroxylation sites is 1. The number of hydrogen-bond acceptors (Lipinski definition) is 5. The standard InChI is InChI=1S/C13H15F2N3O4S/c1-13(2)7-8-16-18(13)12(19)17-23(20,21)10-6-4-3-5-9(10)22-11(14)15/h3-8,11,16H,1-2H3,(H,17,19). The fourth-order valence-electron chi connectivity index (χ4n) is 1.96. The summed E-state index contributed by atoms with van der Waals surface area (Å²) in [5.41, 5.74) is 1.84. The van der Waals surface area contributed by atoms with E-state index in [4.69, 9.17) is 0 Å². The van der Waals surface area contributed by atoms with E-state index in [0.717, 1.165) is 17.1 Å². The SMILES string of the molecule is CC1(C)C=CNN1C(=O)NS(=O)(=O)c1ccccc1OC(F)F. The lowest BCUT2D eigenvalue weighted by atomic mass is 10.1. The quantitative estimate of drug-likeness (QED) is 0.867. The second-order valence-electron chi connectivity index (χ2n) is 5.19. The van der Waals surface area contributed by atoms with Crippen molar-refractivity contribution in [2.75, 3.05) is 0 Å². The van der Waals surface area contributed by atoms with Crippen LogP contribution in [0.5, 0.6) is 5.75 Å². The molecule has 0 saturated heterocycles. The van der Waals surface area contributed by atoms with Gasteiger partial charge in [0, 0.05) is 6.20 Å². The van der Waals surface area contributed by atoms with E-state index in [0.29, 0.717) is 0 Å². The van der Waals surface area contributed by atoms with Crippen molar-refractivity contribution >= 4 is 16.1 Å². The Bertz CT molecular complexity index is 734. The number of benzene rings is 1. The summed E-state index contributed by atoms with van der Waals surface area (Å²) in [6.07, 6.45) is 3.15. The molecule has 23 heavy (non-hydrogen) atoms. The number of nitrogens with one attached hydrogen (secondary N) is 2. The highest BCUT2D eigenvalue weighted by Gasteiger charge is 2.35. The van der Waals surface area contributed by atoms with Gasteiger partial charge in [0.15, 0.2) is 0 Å². The Morgan fingerprint density at radius 1 is 1.35 bits per heavy atom. The highest BCUT2D eigenvalue weighted by Crippen LogP contribution is 2.25. The first-order valence-electron chi connectivity index (χ1n) is 6.48. The van der Waals surface area contributed by atoms with Crippen molar-refractivity contribution in [3.05, 3.63) is 36.5 Å². The molecule has 0 fully saturated rings. The molecule has 10 heteroatoms. The van der Waals surface area contributed by atoms with Crippen molar-refractivity contribution in [1.29, 1.82) is 0 Å². The Hall–Kier alpha value is -2.36. The van der Waals surface area contributed by atoms with Crippen molar-refractivity contribution in [3.8, 4) is 5.75 Å². The maximum absolute atomic E-state index is 12.4. The highest BCUT2D eigenvalue weighted by atomic mass is 32.2. The number of ether oxygens (including phenoxy) is 1. The predicted molar refractivity (Wildman–Crippen MR) is 77.0 cm³/mol. The van der Waals surface area contributed by atoms with Crippen LogP contribution in [0.4, 0.5) is 13.6 Å². The summed E-state index contributed by atoms with van der Waals surface area (Å²) in [5.74, 6) is -0.547. The molecule has 1 aromatic carbocycles. The molecule has 0 bridgehead atoms. The lowest BCUT2D eigenvalue weighted by molar-refractivity contribution is -0.0517. The van der Waals surface area contributed by atoms with E-state index >= 15 is 0 Å². The van der Waals surface area contributed by atoms with Crippen LogP contribution in [0, 0.1) is 0 Å². The Kier molecular flexibility index (Phi) is 4.46. The van der Waals surface area contributed by atoms with Gasteiger partial charge in [-0.15, -0.1) is 0 Å². The monoisotopic (exact) mass is 347 g/mol. The van der Waals surface area contributed by atoms with Gasteiger partial charge in [-0.1, -0.05) is 12.1 Å². The maximum Gasteiger partial charge on any atom is 0.387 e. The summed E-state index contributed by atoms with van der Waals surface area (Å²) in [5, 5.41) is 1.06. The zero-order valence-electron chi connectivity index (χ0n) is 12.3. The van der Waals surface area contributed by atoms with Gasteiger partial charge in [-0.2, -0.15) is 8.78 Å². The summed E-state index contributed by atoms with van der Waals surface area (Å²) in [6.45, 7) is 0.179. The minimum atomic E-state index is -4.39. The van der Waals surface area contributed by atoms with E-state index in [1.54, 1.807) is 19.9 Å². The van der Waals surface area contributed by atoms with Gasteiger partial charge >= 0.3 is 12.6 Å². The van der Waals surface area contributed by atoms with Crippen molar-refractivity contribution in [3.63, 3.8) is 0 Å². The summed E-state index contributed by atoms with van der Waals surface area (Å²) >= 11 is 0. The predicted octanol–water partition coefficient (Wildman–Crippen LogP) is 1.80. The minimum absolute atomic E-state index is 0.547. The minimum Gasteiger partial charge on any atom is -0.433 e. The van der Waals surface area contributed by atoms with Crippen molar-refractivity contribution in [1.82, 2.24) is 15.2 Å². The molecule has 2 rings (SSSR count). The van der Waals surface area contributed by atoms with Gasteiger partial charge in [-0.3, -0.25) is 0 Å². The molecule has 0 saturated carbocycles. The van der Waals surface area contributed by atoms with Gasteiger partial charge < -0.3 is 10.2 Å². The number of rotatable bonds is 4. The Balaban J connectivity index is 2.25. The maximum atomic E-state index is 12.4. The molecule has 1 aliphatic rings. The smallest absolute Gasteiger partial charge is 0.387 e. The van der Waals surface area contributed by atoms with Crippen LogP contribution in [0.2, 0.25) is 0 Å². The first-order valence-corrected chi connectivity index (χ1v) is 7.96. The van der Waals surface area contributed by atoms with Gasteiger partial charge in [0.25, 0.3) is 10.0 Å². The van der Waals surface area contributed by atoms with Crippen LogP contribution in [0.25, 0.3) is 0 Å². The molecule has 0 spiro atoms. The van der Waals surface area contributed by atoms with Gasteiger partial charge in [0.2, 0.25) is 0 Å². The number of hydrogen-bond donors (Lipinski definition) is 2. The number of carbonyl (C=O) groups excluding carboxylic acids is 1. The fourth-order valence-corrected chi connectivity index (χ4v) is 3.03. The molecule has 1 heterocycles. The van der Waals surface area contributed by atoms with E-state index in [1.165, 1.54) is 18.3 Å². The fraction of sp³-hybridized carbons (Fsp3) is 0.308. The third kappa shape index (κ3) is 3.70. The van der Waals surface area contributed by atoms with Gasteiger partial charge in [0.05, 0.1) is 5.54 Å². The molecule has 2 N–H and O–H groups in total. The molecule has 0 aliphatic carbocycles. The van der Waals surface area contributed by atoms with Crippen LogP contribution in [0.1, 0.15) is 13.8 Å². The first-order chi connectivity index (χ1) is 10.6. The van der Waals surface area contributed by atoms with Crippen LogP contribution in [-0.4, -0.2) is 31.6 Å². The van der Waals surface area contributed by atoms with Gasteiger partial charge in [-0.05, 0) is 32.1 Å². The summed E-state index contributed by atoms with van der Waals surface area (Å²) in [7, 11) is -4.39. The molecule has 126 valence electrons. The number of urea groups is 1. The summed E-state index contributed by atoms with van der Waals surface area (Å²) < 4.78 is 55.3.